The number of nitrogens with one attached hydrogen (secondary N) is 3. The van der Waals surface area contributed by atoms with Crippen LogP contribution in [-0.4, -0.2) is 59.2 Å². The third-order valence-corrected chi connectivity index (χ3v) is 5.69. The number of nitrogens with zero attached hydrogens (tertiary/aromatic N) is 5. The highest BCUT2D eigenvalue weighted by atomic mass is 16.2. The van der Waals surface area contributed by atoms with Crippen molar-refractivity contribution in [3.63, 3.8) is 0 Å². The highest BCUT2D eigenvalue weighted by Gasteiger charge is 2.51. The van der Waals surface area contributed by atoms with Crippen LogP contribution in [-0.2, 0) is 4.79 Å². The van der Waals surface area contributed by atoms with E-state index in [2.05, 4.69) is 31.6 Å². The third kappa shape index (κ3) is 3.38. The van der Waals surface area contributed by atoms with Gasteiger partial charge in [-0.15, -0.1) is 0 Å². The summed E-state index contributed by atoms with van der Waals surface area (Å²) >= 11 is 0. The molecule has 1 aliphatic carbocycles. The van der Waals surface area contributed by atoms with E-state index in [4.69, 9.17) is 10.7 Å². The Kier molecular flexibility index (Phi) is 4.86. The Morgan fingerprint density at radius 1 is 1.39 bits per heavy atom. The molecule has 1 unspecified atom stereocenters. The number of hydrogen-bond acceptors (Lipinski definition) is 8. The van der Waals surface area contributed by atoms with Gasteiger partial charge in [-0.1, -0.05) is 0 Å². The molecule has 1 aromatic heterocycles. The zero-order chi connectivity index (χ0) is 19.7. The molecule has 9 nitrogen and oxygen atoms in total. The van der Waals surface area contributed by atoms with Crippen molar-refractivity contribution in [1.82, 2.24) is 20.2 Å². The number of piperazine rings is 1. The molecule has 0 aromatic carbocycles. The van der Waals surface area contributed by atoms with Crippen LogP contribution in [0.2, 0.25) is 0 Å². The van der Waals surface area contributed by atoms with Crippen molar-refractivity contribution in [2.24, 2.45) is 11.8 Å². The normalized spacial score (nSPS) is 28.5. The molecule has 0 radical (unpaired) electrons. The fraction of sp³-hybridized carbons (Fsp3) is 0.526. The molecule has 1 saturated carbocycles. The zero-order valence-corrected chi connectivity index (χ0v) is 15.8. The lowest BCUT2D eigenvalue weighted by atomic mass is 10.1. The number of rotatable bonds is 6. The van der Waals surface area contributed by atoms with Crippen molar-refractivity contribution in [3.05, 3.63) is 24.2 Å². The van der Waals surface area contributed by atoms with Crippen molar-refractivity contribution in [3.8, 4) is 6.07 Å². The van der Waals surface area contributed by atoms with E-state index in [0.717, 1.165) is 31.7 Å². The van der Waals surface area contributed by atoms with E-state index in [1.165, 1.54) is 6.21 Å². The van der Waals surface area contributed by atoms with Crippen LogP contribution in [0.1, 0.15) is 19.3 Å². The summed E-state index contributed by atoms with van der Waals surface area (Å²) in [6, 6.07) is 4.46. The summed E-state index contributed by atoms with van der Waals surface area (Å²) in [4.78, 5) is 25.9. The molecular weight excluding hydrogens is 356 g/mol. The summed E-state index contributed by atoms with van der Waals surface area (Å²) in [6.07, 6.45) is 7.27. The van der Waals surface area contributed by atoms with Crippen molar-refractivity contribution >= 4 is 23.9 Å². The van der Waals surface area contributed by atoms with Gasteiger partial charge in [0.1, 0.15) is 5.82 Å². The summed E-state index contributed by atoms with van der Waals surface area (Å²) in [5.41, 5.74) is 0.562. The van der Waals surface area contributed by atoms with Gasteiger partial charge < -0.3 is 25.8 Å². The lowest BCUT2D eigenvalue weighted by molar-refractivity contribution is -0.136. The summed E-state index contributed by atoms with van der Waals surface area (Å²) in [7, 11) is 1.76. The maximum atomic E-state index is 12.8. The molecule has 3 heterocycles. The fourth-order valence-electron chi connectivity index (χ4n) is 4.24. The zero-order valence-electron chi connectivity index (χ0n) is 15.8. The van der Waals surface area contributed by atoms with Gasteiger partial charge in [-0.25, -0.2) is 4.98 Å². The van der Waals surface area contributed by atoms with Crippen LogP contribution in [0.15, 0.2) is 24.2 Å². The number of allylic oxidation sites excluding steroid dienone is 1. The number of hydrogen-bond donors (Lipinski definition) is 3. The smallest absolute Gasteiger partial charge is 0.229 e. The van der Waals surface area contributed by atoms with Gasteiger partial charge in [0.25, 0.3) is 0 Å². The molecule has 3 aliphatic rings. The number of fused-ring (bicyclic) bond motifs is 2. The number of amides is 1. The van der Waals surface area contributed by atoms with Gasteiger partial charge in [-0.2, -0.15) is 10.2 Å². The Balaban J connectivity index is 1.46. The first kappa shape index (κ1) is 18.2. The van der Waals surface area contributed by atoms with Crippen molar-refractivity contribution in [2.75, 3.05) is 30.4 Å². The lowest BCUT2D eigenvalue weighted by Gasteiger charge is -2.41. The van der Waals surface area contributed by atoms with Crippen LogP contribution >= 0.6 is 0 Å². The molecule has 1 amide bonds. The molecule has 3 N–H and O–H groups in total. The number of carbonyl (C=O) groups is 1. The molecule has 4 rings (SSSR count). The Morgan fingerprint density at radius 3 is 2.75 bits per heavy atom. The van der Waals surface area contributed by atoms with E-state index in [0.29, 0.717) is 18.1 Å². The van der Waals surface area contributed by atoms with Crippen LogP contribution in [0.25, 0.3) is 0 Å². The molecule has 0 spiro atoms. The molecular formula is C19H24N8O. The second-order valence-corrected chi connectivity index (χ2v) is 7.51. The number of anilines is 2. The minimum Gasteiger partial charge on any atom is -0.392 e. The van der Waals surface area contributed by atoms with E-state index in [1.807, 2.05) is 11.0 Å². The fourth-order valence-corrected chi connectivity index (χ4v) is 4.24. The largest absolute Gasteiger partial charge is 0.392 e. The van der Waals surface area contributed by atoms with E-state index < -0.39 is 0 Å². The van der Waals surface area contributed by atoms with Crippen LogP contribution in [0.5, 0.6) is 0 Å². The van der Waals surface area contributed by atoms with E-state index in [-0.39, 0.29) is 29.8 Å². The first-order chi connectivity index (χ1) is 13.6. The SMILES string of the molecule is CN/C=C(\C=N)Nc1nccc(N2CC3CC[C@H](C2)N3C(=O)[C@@H]2C[C@@H]2C#N)n1. The van der Waals surface area contributed by atoms with Crippen molar-refractivity contribution in [1.29, 1.82) is 10.7 Å². The van der Waals surface area contributed by atoms with Crippen LogP contribution < -0.4 is 15.5 Å². The first-order valence-electron chi connectivity index (χ1n) is 9.59. The predicted molar refractivity (Wildman–Crippen MR) is 105 cm³/mol. The van der Waals surface area contributed by atoms with E-state index in [9.17, 15) is 4.79 Å². The number of aromatic nitrogens is 2. The summed E-state index contributed by atoms with van der Waals surface area (Å²) in [5.74, 6) is 1.23. The standard InChI is InChI=1S/C19H24N8O/c1-22-9-13(8-21)24-19-23-5-4-17(25-19)26-10-14-2-3-15(11-26)27(14)18(28)16-6-12(16)7-20/h4-5,8-9,12,14-16,21-22H,2-3,6,10-11H2,1H3,(H,23,24,25)/b13-9+,21-8?/t12-,14-,15?,16-/m1/s1. The molecule has 4 atom stereocenters. The minimum atomic E-state index is -0.0898. The summed E-state index contributed by atoms with van der Waals surface area (Å²) in [6.45, 7) is 1.48. The van der Waals surface area contributed by atoms with Gasteiger partial charge in [-0.3, -0.25) is 4.79 Å². The summed E-state index contributed by atoms with van der Waals surface area (Å²) in [5, 5.41) is 22.4. The van der Waals surface area contributed by atoms with Crippen LogP contribution in [0, 0.1) is 28.6 Å². The molecule has 28 heavy (non-hydrogen) atoms. The van der Waals surface area contributed by atoms with Crippen LogP contribution in [0.4, 0.5) is 11.8 Å². The highest BCUT2D eigenvalue weighted by Crippen LogP contribution is 2.43. The van der Waals surface area contributed by atoms with Gasteiger partial charge in [0.05, 0.1) is 23.6 Å². The summed E-state index contributed by atoms with van der Waals surface area (Å²) < 4.78 is 0. The molecule has 1 aromatic rings. The lowest BCUT2D eigenvalue weighted by Crippen LogP contribution is -2.56. The Hall–Kier alpha value is -3.15. The highest BCUT2D eigenvalue weighted by molar-refractivity contribution is 5.83. The van der Waals surface area contributed by atoms with Gasteiger partial charge in [0.2, 0.25) is 11.9 Å². The Morgan fingerprint density at radius 2 is 2.14 bits per heavy atom. The van der Waals surface area contributed by atoms with Crippen molar-refractivity contribution < 1.29 is 4.79 Å². The molecule has 2 saturated heterocycles. The van der Waals surface area contributed by atoms with Gasteiger partial charge in [-0.05, 0) is 25.3 Å². The third-order valence-electron chi connectivity index (χ3n) is 5.69. The maximum absolute atomic E-state index is 12.8. The Bertz CT molecular complexity index is 833. The molecule has 146 valence electrons. The molecule has 3 fully saturated rings. The number of carbonyl (C=O) groups excluding carboxylic acids is 1. The van der Waals surface area contributed by atoms with Crippen molar-refractivity contribution in [2.45, 2.75) is 31.3 Å². The first-order valence-corrected chi connectivity index (χ1v) is 9.59. The average molecular weight is 380 g/mol. The minimum absolute atomic E-state index is 0.0888. The van der Waals surface area contributed by atoms with Gasteiger partial charge in [0, 0.05) is 50.8 Å². The van der Waals surface area contributed by atoms with E-state index >= 15 is 0 Å². The molecule has 9 heteroatoms. The topological polar surface area (TPSA) is 121 Å². The molecule has 2 bridgehead atoms. The monoisotopic (exact) mass is 380 g/mol. The Labute approximate surface area is 163 Å². The van der Waals surface area contributed by atoms with Gasteiger partial charge in [0.15, 0.2) is 0 Å². The van der Waals surface area contributed by atoms with E-state index in [1.54, 1.807) is 19.4 Å². The van der Waals surface area contributed by atoms with Gasteiger partial charge >= 0.3 is 0 Å². The average Bonchev–Trinajstić information content (AvgIpc) is 3.46. The quantitative estimate of drug-likeness (QED) is 0.628. The predicted octanol–water partition coefficient (Wildman–Crippen LogP) is 0.938. The second-order valence-electron chi connectivity index (χ2n) is 7.51. The second kappa shape index (κ2) is 7.46. The molecule has 2 aliphatic heterocycles. The van der Waals surface area contributed by atoms with Crippen LogP contribution in [0.3, 0.4) is 0 Å². The number of nitriles is 1. The maximum Gasteiger partial charge on any atom is 0.229 e.